The van der Waals surface area contributed by atoms with Gasteiger partial charge in [0.05, 0.1) is 17.6 Å². The maximum atomic E-state index is 12.2. The van der Waals surface area contributed by atoms with Crippen LogP contribution in [0.5, 0.6) is 0 Å². The largest absolute Gasteiger partial charge is 0.356 e. The second-order valence-electron chi connectivity index (χ2n) is 6.32. The smallest absolute Gasteiger partial charge is 0.277 e. The van der Waals surface area contributed by atoms with Crippen LogP contribution in [0.15, 0.2) is 42.0 Å². The number of benzene rings is 1. The van der Waals surface area contributed by atoms with Gasteiger partial charge in [0.15, 0.2) is 5.13 Å². The summed E-state index contributed by atoms with van der Waals surface area (Å²) in [5.74, 6) is -0.334. The Labute approximate surface area is 167 Å². The number of thiazole rings is 1. The molecule has 0 saturated carbocycles. The number of aryl methyl sites for hydroxylation is 2. The van der Waals surface area contributed by atoms with Crippen molar-refractivity contribution in [3.05, 3.63) is 59.0 Å². The van der Waals surface area contributed by atoms with Gasteiger partial charge in [-0.3, -0.25) is 19.9 Å². The molecule has 0 atom stereocenters. The van der Waals surface area contributed by atoms with Crippen molar-refractivity contribution in [3.8, 4) is 11.3 Å². The van der Waals surface area contributed by atoms with E-state index in [4.69, 9.17) is 0 Å². The Kier molecular flexibility index (Phi) is 6.44. The highest BCUT2D eigenvalue weighted by Crippen LogP contribution is 2.25. The van der Waals surface area contributed by atoms with Gasteiger partial charge in [0, 0.05) is 30.6 Å². The number of hydrogen-bond donors (Lipinski definition) is 2. The van der Waals surface area contributed by atoms with Crippen molar-refractivity contribution < 1.29 is 9.59 Å². The molecule has 2 heterocycles. The molecule has 0 bridgehead atoms. The Hall–Kier alpha value is -3.13. The van der Waals surface area contributed by atoms with Gasteiger partial charge in [0.25, 0.3) is 5.91 Å². The third kappa shape index (κ3) is 5.43. The zero-order valence-electron chi connectivity index (χ0n) is 15.7. The van der Waals surface area contributed by atoms with Crippen LogP contribution < -0.4 is 10.6 Å². The molecule has 2 N–H and O–H groups in total. The predicted molar refractivity (Wildman–Crippen MR) is 109 cm³/mol. The standard InChI is InChI=1S/C20H21N5O2S/c1-13-10-23-17(11-22-13)19(27)25-20-24-18(12-28-20)16-7-5-15(6-8-16)4-3-9-21-14(2)26/h5-8,10-12H,3-4,9H2,1-2H3,(H,21,26)(H,24,25,27). The van der Waals surface area contributed by atoms with E-state index in [-0.39, 0.29) is 17.5 Å². The lowest BCUT2D eigenvalue weighted by Crippen LogP contribution is -2.21. The summed E-state index contributed by atoms with van der Waals surface area (Å²) in [6, 6.07) is 8.14. The number of amides is 2. The summed E-state index contributed by atoms with van der Waals surface area (Å²) in [7, 11) is 0. The van der Waals surface area contributed by atoms with Gasteiger partial charge in [-0.25, -0.2) is 9.97 Å². The maximum absolute atomic E-state index is 12.2. The van der Waals surface area contributed by atoms with Gasteiger partial charge in [-0.15, -0.1) is 11.3 Å². The number of nitrogens with zero attached hydrogens (tertiary/aromatic N) is 3. The summed E-state index contributed by atoms with van der Waals surface area (Å²) in [6.07, 6.45) is 4.80. The first-order chi connectivity index (χ1) is 13.5. The number of carbonyl (C=O) groups excluding carboxylic acids is 2. The van der Waals surface area contributed by atoms with Gasteiger partial charge < -0.3 is 5.32 Å². The van der Waals surface area contributed by atoms with Gasteiger partial charge in [0.2, 0.25) is 5.91 Å². The van der Waals surface area contributed by atoms with Crippen LogP contribution in [0.3, 0.4) is 0 Å². The minimum atomic E-state index is -0.331. The molecule has 3 aromatic rings. The Bertz CT molecular complexity index is 951. The fourth-order valence-corrected chi connectivity index (χ4v) is 3.25. The molecule has 0 aliphatic rings. The fraction of sp³-hybridized carbons (Fsp3) is 0.250. The molecule has 0 fully saturated rings. The van der Waals surface area contributed by atoms with Crippen molar-refractivity contribution in [2.45, 2.75) is 26.7 Å². The topological polar surface area (TPSA) is 96.9 Å². The van der Waals surface area contributed by atoms with E-state index >= 15 is 0 Å². The molecule has 7 nitrogen and oxygen atoms in total. The Morgan fingerprint density at radius 2 is 1.89 bits per heavy atom. The predicted octanol–water partition coefficient (Wildman–Crippen LogP) is 3.23. The number of nitrogens with one attached hydrogen (secondary N) is 2. The summed E-state index contributed by atoms with van der Waals surface area (Å²) in [6.45, 7) is 4.02. The van der Waals surface area contributed by atoms with Crippen molar-refractivity contribution in [2.75, 3.05) is 11.9 Å². The van der Waals surface area contributed by atoms with Crippen molar-refractivity contribution in [2.24, 2.45) is 0 Å². The Morgan fingerprint density at radius 3 is 2.57 bits per heavy atom. The zero-order valence-corrected chi connectivity index (χ0v) is 16.5. The van der Waals surface area contributed by atoms with E-state index in [2.05, 4.69) is 37.7 Å². The monoisotopic (exact) mass is 395 g/mol. The minimum Gasteiger partial charge on any atom is -0.356 e. The van der Waals surface area contributed by atoms with Crippen molar-refractivity contribution in [1.82, 2.24) is 20.3 Å². The molecule has 0 saturated heterocycles. The van der Waals surface area contributed by atoms with Crippen LogP contribution in [0, 0.1) is 6.92 Å². The molecule has 8 heteroatoms. The highest BCUT2D eigenvalue weighted by molar-refractivity contribution is 7.14. The number of carbonyl (C=O) groups is 2. The number of hydrogen-bond acceptors (Lipinski definition) is 6. The lowest BCUT2D eigenvalue weighted by Gasteiger charge is -2.04. The van der Waals surface area contributed by atoms with Gasteiger partial charge >= 0.3 is 0 Å². The van der Waals surface area contributed by atoms with E-state index in [1.165, 1.54) is 30.0 Å². The number of aromatic nitrogens is 3. The zero-order chi connectivity index (χ0) is 19.9. The van der Waals surface area contributed by atoms with E-state index in [0.717, 1.165) is 29.8 Å². The van der Waals surface area contributed by atoms with E-state index in [1.54, 1.807) is 6.20 Å². The van der Waals surface area contributed by atoms with Crippen LogP contribution in [0.4, 0.5) is 5.13 Å². The van der Waals surface area contributed by atoms with Crippen LogP contribution in [-0.4, -0.2) is 33.3 Å². The summed E-state index contributed by atoms with van der Waals surface area (Å²) in [4.78, 5) is 35.7. The van der Waals surface area contributed by atoms with Crippen LogP contribution in [0.2, 0.25) is 0 Å². The number of rotatable bonds is 7. The molecule has 0 radical (unpaired) electrons. The third-order valence-electron chi connectivity index (χ3n) is 4.00. The number of anilines is 1. The lowest BCUT2D eigenvalue weighted by molar-refractivity contribution is -0.118. The molecule has 2 aromatic heterocycles. The van der Waals surface area contributed by atoms with Gasteiger partial charge in [-0.05, 0) is 25.3 Å². The van der Waals surface area contributed by atoms with E-state index in [1.807, 2.05) is 24.4 Å². The molecule has 0 spiro atoms. The molecule has 1 aromatic carbocycles. The molecular weight excluding hydrogens is 374 g/mol. The van der Waals surface area contributed by atoms with Crippen LogP contribution in [-0.2, 0) is 11.2 Å². The molecule has 0 aliphatic heterocycles. The SMILES string of the molecule is CC(=O)NCCCc1ccc(-c2csc(NC(=O)c3cnc(C)cn3)n2)cc1. The maximum Gasteiger partial charge on any atom is 0.277 e. The second-order valence-corrected chi connectivity index (χ2v) is 7.18. The average molecular weight is 395 g/mol. The van der Waals surface area contributed by atoms with Crippen LogP contribution in [0.25, 0.3) is 11.3 Å². The van der Waals surface area contributed by atoms with Crippen molar-refractivity contribution in [1.29, 1.82) is 0 Å². The van der Waals surface area contributed by atoms with E-state index < -0.39 is 0 Å². The van der Waals surface area contributed by atoms with E-state index in [0.29, 0.717) is 11.7 Å². The first-order valence-corrected chi connectivity index (χ1v) is 9.78. The average Bonchev–Trinajstić information content (AvgIpc) is 3.14. The highest BCUT2D eigenvalue weighted by atomic mass is 32.1. The van der Waals surface area contributed by atoms with Crippen LogP contribution in [0.1, 0.15) is 35.1 Å². The highest BCUT2D eigenvalue weighted by Gasteiger charge is 2.11. The Balaban J connectivity index is 1.58. The summed E-state index contributed by atoms with van der Waals surface area (Å²) >= 11 is 1.36. The summed E-state index contributed by atoms with van der Waals surface area (Å²) in [5.41, 5.74) is 4.01. The third-order valence-corrected chi connectivity index (χ3v) is 4.76. The molecule has 0 unspecified atom stereocenters. The molecule has 144 valence electrons. The minimum absolute atomic E-state index is 0.00352. The van der Waals surface area contributed by atoms with Gasteiger partial charge in [-0.2, -0.15) is 0 Å². The Morgan fingerprint density at radius 1 is 1.11 bits per heavy atom. The second kappa shape index (κ2) is 9.18. The molecular formula is C20H21N5O2S. The molecule has 28 heavy (non-hydrogen) atoms. The molecule has 0 aliphatic carbocycles. The fourth-order valence-electron chi connectivity index (χ4n) is 2.53. The van der Waals surface area contributed by atoms with Crippen molar-refractivity contribution in [3.63, 3.8) is 0 Å². The molecule has 3 rings (SSSR count). The van der Waals surface area contributed by atoms with Crippen molar-refractivity contribution >= 4 is 28.3 Å². The van der Waals surface area contributed by atoms with Crippen LogP contribution >= 0.6 is 11.3 Å². The first-order valence-electron chi connectivity index (χ1n) is 8.90. The lowest BCUT2D eigenvalue weighted by atomic mass is 10.1. The summed E-state index contributed by atoms with van der Waals surface area (Å²) in [5, 5.41) is 7.97. The summed E-state index contributed by atoms with van der Waals surface area (Å²) < 4.78 is 0. The molecule has 2 amide bonds. The quantitative estimate of drug-likeness (QED) is 0.599. The normalized spacial score (nSPS) is 10.5. The van der Waals surface area contributed by atoms with E-state index in [9.17, 15) is 9.59 Å². The first kappa shape index (κ1) is 19.6. The van der Waals surface area contributed by atoms with Gasteiger partial charge in [0.1, 0.15) is 5.69 Å². The van der Waals surface area contributed by atoms with Gasteiger partial charge in [-0.1, -0.05) is 24.3 Å².